The SMILES string of the molecule is CCOC(=O)C(CN)C(CC(OCC)OCC)c1ccc(F)cc1. The van der Waals surface area contributed by atoms with Gasteiger partial charge in [0.25, 0.3) is 0 Å². The van der Waals surface area contributed by atoms with Crippen LogP contribution in [0.1, 0.15) is 38.7 Å². The zero-order valence-electron chi connectivity index (χ0n) is 14.7. The smallest absolute Gasteiger partial charge is 0.310 e. The molecule has 0 saturated heterocycles. The van der Waals surface area contributed by atoms with Crippen molar-refractivity contribution < 1.29 is 23.4 Å². The Hall–Kier alpha value is -1.50. The van der Waals surface area contributed by atoms with Crippen LogP contribution in [0.25, 0.3) is 0 Å². The zero-order chi connectivity index (χ0) is 17.9. The lowest BCUT2D eigenvalue weighted by Gasteiger charge is -2.28. The molecule has 1 rings (SSSR count). The molecular weight excluding hydrogens is 313 g/mol. The molecule has 0 fully saturated rings. The molecule has 0 bridgehead atoms. The Kier molecular flexibility index (Phi) is 9.52. The monoisotopic (exact) mass is 341 g/mol. The van der Waals surface area contributed by atoms with Crippen LogP contribution in [-0.2, 0) is 19.0 Å². The van der Waals surface area contributed by atoms with E-state index in [1.807, 2.05) is 13.8 Å². The van der Waals surface area contributed by atoms with Crippen LogP contribution in [0.3, 0.4) is 0 Å². The van der Waals surface area contributed by atoms with E-state index in [9.17, 15) is 9.18 Å². The van der Waals surface area contributed by atoms with Crippen molar-refractivity contribution in [3.8, 4) is 0 Å². The molecule has 5 nitrogen and oxygen atoms in total. The van der Waals surface area contributed by atoms with Gasteiger partial charge in [-0.3, -0.25) is 4.79 Å². The van der Waals surface area contributed by atoms with Crippen molar-refractivity contribution in [3.63, 3.8) is 0 Å². The largest absolute Gasteiger partial charge is 0.466 e. The average molecular weight is 341 g/mol. The van der Waals surface area contributed by atoms with E-state index in [1.54, 1.807) is 19.1 Å². The highest BCUT2D eigenvalue weighted by atomic mass is 19.1. The van der Waals surface area contributed by atoms with E-state index in [4.69, 9.17) is 19.9 Å². The first-order valence-electron chi connectivity index (χ1n) is 8.42. The van der Waals surface area contributed by atoms with Crippen LogP contribution in [0, 0.1) is 11.7 Å². The summed E-state index contributed by atoms with van der Waals surface area (Å²) >= 11 is 0. The van der Waals surface area contributed by atoms with Crippen molar-refractivity contribution in [3.05, 3.63) is 35.6 Å². The number of ether oxygens (including phenoxy) is 3. The number of benzene rings is 1. The summed E-state index contributed by atoms with van der Waals surface area (Å²) in [5.41, 5.74) is 6.65. The fourth-order valence-corrected chi connectivity index (χ4v) is 2.68. The third-order valence-electron chi connectivity index (χ3n) is 3.78. The van der Waals surface area contributed by atoms with E-state index in [2.05, 4.69) is 0 Å². The van der Waals surface area contributed by atoms with Gasteiger partial charge >= 0.3 is 5.97 Å². The molecule has 0 aliphatic rings. The van der Waals surface area contributed by atoms with E-state index in [1.165, 1.54) is 12.1 Å². The minimum absolute atomic E-state index is 0.131. The van der Waals surface area contributed by atoms with Gasteiger partial charge in [0.1, 0.15) is 5.82 Å². The third-order valence-corrected chi connectivity index (χ3v) is 3.78. The molecule has 2 N–H and O–H groups in total. The fraction of sp³-hybridized carbons (Fsp3) is 0.611. The Morgan fingerprint density at radius 1 is 1.08 bits per heavy atom. The molecule has 1 aromatic carbocycles. The van der Waals surface area contributed by atoms with Crippen molar-refractivity contribution >= 4 is 5.97 Å². The van der Waals surface area contributed by atoms with Crippen molar-refractivity contribution in [2.45, 2.75) is 39.4 Å². The summed E-state index contributed by atoms with van der Waals surface area (Å²) in [7, 11) is 0. The second-order valence-electron chi connectivity index (χ2n) is 5.33. The summed E-state index contributed by atoms with van der Waals surface area (Å²) in [6.45, 7) is 6.91. The molecule has 2 unspecified atom stereocenters. The minimum Gasteiger partial charge on any atom is -0.466 e. The highest BCUT2D eigenvalue weighted by Crippen LogP contribution is 2.31. The molecule has 0 heterocycles. The normalized spacial score (nSPS) is 13.8. The Morgan fingerprint density at radius 3 is 2.12 bits per heavy atom. The van der Waals surface area contributed by atoms with E-state index >= 15 is 0 Å². The van der Waals surface area contributed by atoms with E-state index in [0.29, 0.717) is 19.6 Å². The molecular formula is C18H28FNO4. The molecule has 24 heavy (non-hydrogen) atoms. The van der Waals surface area contributed by atoms with E-state index in [0.717, 1.165) is 5.56 Å². The van der Waals surface area contributed by atoms with Crippen molar-refractivity contribution in [1.82, 2.24) is 0 Å². The molecule has 0 saturated carbocycles. The average Bonchev–Trinajstić information content (AvgIpc) is 2.56. The first-order chi connectivity index (χ1) is 11.6. The maximum Gasteiger partial charge on any atom is 0.310 e. The lowest BCUT2D eigenvalue weighted by atomic mass is 9.83. The summed E-state index contributed by atoms with van der Waals surface area (Å²) in [5, 5.41) is 0. The standard InChI is InChI=1S/C18H28FNO4/c1-4-22-17(23-5-2)11-15(13-7-9-14(19)10-8-13)16(12-20)18(21)24-6-3/h7-10,15-17H,4-6,11-12,20H2,1-3H3. The summed E-state index contributed by atoms with van der Waals surface area (Å²) in [5.74, 6) is -1.51. The third kappa shape index (κ3) is 6.19. The topological polar surface area (TPSA) is 70.8 Å². The Labute approximate surface area is 143 Å². The highest BCUT2D eigenvalue weighted by Gasteiger charge is 2.32. The van der Waals surface area contributed by atoms with Crippen molar-refractivity contribution in [2.24, 2.45) is 11.7 Å². The molecule has 0 spiro atoms. The molecule has 0 amide bonds. The lowest BCUT2D eigenvalue weighted by Crippen LogP contribution is -2.34. The van der Waals surface area contributed by atoms with E-state index in [-0.39, 0.29) is 30.9 Å². The Morgan fingerprint density at radius 2 is 1.67 bits per heavy atom. The van der Waals surface area contributed by atoms with Crippen molar-refractivity contribution in [1.29, 1.82) is 0 Å². The Balaban J connectivity index is 3.08. The number of carbonyl (C=O) groups excluding carboxylic acids is 1. The molecule has 0 aliphatic carbocycles. The van der Waals surface area contributed by atoms with Gasteiger partial charge in [-0.15, -0.1) is 0 Å². The van der Waals surface area contributed by atoms with Gasteiger partial charge in [0.15, 0.2) is 6.29 Å². The molecule has 2 atom stereocenters. The predicted octanol–water partition coefficient (Wildman–Crippen LogP) is 2.84. The maximum absolute atomic E-state index is 13.3. The van der Waals surface area contributed by atoms with Crippen LogP contribution in [0.4, 0.5) is 4.39 Å². The summed E-state index contributed by atoms with van der Waals surface area (Å²) in [6.07, 6.45) is -0.0212. The van der Waals surface area contributed by atoms with Gasteiger partial charge in [0, 0.05) is 32.1 Å². The summed E-state index contributed by atoms with van der Waals surface area (Å²) in [6, 6.07) is 6.07. The van der Waals surface area contributed by atoms with Gasteiger partial charge < -0.3 is 19.9 Å². The van der Waals surface area contributed by atoms with Gasteiger partial charge in [0.2, 0.25) is 0 Å². The summed E-state index contributed by atoms with van der Waals surface area (Å²) < 4.78 is 29.6. The van der Waals surface area contributed by atoms with Gasteiger partial charge in [0.05, 0.1) is 12.5 Å². The number of carbonyl (C=O) groups is 1. The van der Waals surface area contributed by atoms with Crippen molar-refractivity contribution in [2.75, 3.05) is 26.4 Å². The Bertz CT molecular complexity index is 474. The number of esters is 1. The summed E-state index contributed by atoms with van der Waals surface area (Å²) in [4.78, 5) is 12.3. The quantitative estimate of drug-likeness (QED) is 0.495. The molecule has 1 aromatic rings. The number of nitrogens with two attached hydrogens (primary N) is 1. The van der Waals surface area contributed by atoms with Crippen LogP contribution in [0.5, 0.6) is 0 Å². The molecule has 0 radical (unpaired) electrons. The zero-order valence-corrected chi connectivity index (χ0v) is 14.7. The highest BCUT2D eigenvalue weighted by molar-refractivity contribution is 5.74. The van der Waals surface area contributed by atoms with Crippen LogP contribution in [0.2, 0.25) is 0 Å². The lowest BCUT2D eigenvalue weighted by molar-refractivity contribution is -0.155. The fourth-order valence-electron chi connectivity index (χ4n) is 2.68. The van der Waals surface area contributed by atoms with Crippen LogP contribution >= 0.6 is 0 Å². The molecule has 0 aliphatic heterocycles. The minimum atomic E-state index is -0.543. The number of halogens is 1. The maximum atomic E-state index is 13.3. The van der Waals surface area contributed by atoms with Crippen LogP contribution in [-0.4, -0.2) is 38.6 Å². The van der Waals surface area contributed by atoms with Gasteiger partial charge in [-0.25, -0.2) is 4.39 Å². The van der Waals surface area contributed by atoms with E-state index < -0.39 is 12.2 Å². The van der Waals surface area contributed by atoms with Gasteiger partial charge in [-0.05, 0) is 38.5 Å². The van der Waals surface area contributed by atoms with Gasteiger partial charge in [-0.1, -0.05) is 12.1 Å². The van der Waals surface area contributed by atoms with Gasteiger partial charge in [-0.2, -0.15) is 0 Å². The second kappa shape index (κ2) is 11.1. The molecule has 0 aromatic heterocycles. The molecule has 136 valence electrons. The number of hydrogen-bond acceptors (Lipinski definition) is 5. The second-order valence-corrected chi connectivity index (χ2v) is 5.33. The number of rotatable bonds is 11. The van der Waals surface area contributed by atoms with Crippen LogP contribution < -0.4 is 5.73 Å². The van der Waals surface area contributed by atoms with Crippen LogP contribution in [0.15, 0.2) is 24.3 Å². The number of hydrogen-bond donors (Lipinski definition) is 1. The first kappa shape index (κ1) is 20.5. The first-order valence-corrected chi connectivity index (χ1v) is 8.42. The molecule has 6 heteroatoms. The predicted molar refractivity (Wildman–Crippen MR) is 90.0 cm³/mol.